The fourth-order valence-corrected chi connectivity index (χ4v) is 21.8. The third-order valence-corrected chi connectivity index (χ3v) is 29.4. The fraction of sp³-hybridized carbons (Fsp3) is 0.314. The lowest BCUT2D eigenvalue weighted by Gasteiger charge is -2.36. The zero-order valence-corrected chi connectivity index (χ0v) is 81.8. The van der Waals surface area contributed by atoms with Crippen LogP contribution in [0.15, 0.2) is 201 Å². The fourth-order valence-electron chi connectivity index (χ4n) is 21.8. The van der Waals surface area contributed by atoms with E-state index in [-0.39, 0.29) is 52.4 Å². The Labute approximate surface area is 828 Å². The van der Waals surface area contributed by atoms with Crippen LogP contribution in [0.2, 0.25) is 0 Å². The van der Waals surface area contributed by atoms with Gasteiger partial charge in [-0.25, -0.2) is 58.6 Å². The summed E-state index contributed by atoms with van der Waals surface area (Å²) in [6.45, 7) is 23.0. The third kappa shape index (κ3) is 17.3. The number of rotatable bonds is 18. The number of aryl methyl sites for hydroxylation is 4. The molecular formula is C105H111N35O5. The molecule has 5 aromatic carbocycles. The van der Waals surface area contributed by atoms with Crippen molar-refractivity contribution in [3.8, 4) is 45.0 Å². The van der Waals surface area contributed by atoms with Crippen LogP contribution in [0.25, 0.3) is 143 Å². The van der Waals surface area contributed by atoms with Crippen molar-refractivity contribution in [1.29, 1.82) is 0 Å². The maximum atomic E-state index is 14.0. The first-order valence-corrected chi connectivity index (χ1v) is 49.2. The van der Waals surface area contributed by atoms with Gasteiger partial charge >= 0.3 is 0 Å². The molecular weight excluding hydrogens is 1830 g/mol. The molecule has 0 bridgehead atoms. The zero-order chi connectivity index (χ0) is 99.9. The van der Waals surface area contributed by atoms with Gasteiger partial charge in [-0.2, -0.15) is 40.7 Å². The second kappa shape index (κ2) is 38.5. The van der Waals surface area contributed by atoms with E-state index in [0.29, 0.717) is 134 Å². The Morgan fingerprint density at radius 1 is 0.379 bits per heavy atom. The summed E-state index contributed by atoms with van der Waals surface area (Å²) in [7, 11) is 2.13. The number of pyridine rings is 4. The van der Waals surface area contributed by atoms with Gasteiger partial charge < -0.3 is 66.1 Å². The molecule has 4 fully saturated rings. The third-order valence-electron chi connectivity index (χ3n) is 29.4. The largest absolute Gasteiger partial charge is 0.424 e. The molecule has 0 amide bonds. The number of hydrogen-bond donors (Lipinski definition) is 8. The van der Waals surface area contributed by atoms with Crippen LogP contribution < -0.4 is 50.9 Å². The van der Waals surface area contributed by atoms with Crippen LogP contribution in [0.3, 0.4) is 0 Å². The first-order chi connectivity index (χ1) is 70.4. The molecule has 1 aliphatic carbocycles. The van der Waals surface area contributed by atoms with Gasteiger partial charge in [0.05, 0.1) is 87.9 Å². The molecule has 25 rings (SSSR count). The second-order valence-corrected chi connectivity index (χ2v) is 38.6. The van der Waals surface area contributed by atoms with E-state index in [1.165, 1.54) is 25.3 Å². The van der Waals surface area contributed by atoms with Crippen LogP contribution >= 0.6 is 0 Å². The van der Waals surface area contributed by atoms with Crippen LogP contribution in [-0.2, 0) is 26.2 Å². The average Bonchev–Trinajstić information content (AvgIpc) is 1.44. The Morgan fingerprint density at radius 3 is 1.00 bits per heavy atom. The number of hydrogen-bond acceptors (Lipinski definition) is 29. The average molecular weight is 1940 g/mol. The number of aromatic nitrogens is 27. The number of H-pyrrole nitrogens is 3. The molecule has 736 valence electrons. The number of fused-ring (bicyclic) bond motifs is 9. The van der Waals surface area contributed by atoms with Crippen molar-refractivity contribution in [3.05, 3.63) is 264 Å². The van der Waals surface area contributed by atoms with Gasteiger partial charge in [0.15, 0.2) is 28.2 Å². The van der Waals surface area contributed by atoms with Crippen molar-refractivity contribution in [3.63, 3.8) is 0 Å². The summed E-state index contributed by atoms with van der Waals surface area (Å²) in [6.07, 6.45) is 24.9. The number of nitrogens with two attached hydrogens (primary N) is 5. The molecule has 0 atom stereocenters. The van der Waals surface area contributed by atoms with E-state index in [1.54, 1.807) is 47.9 Å². The normalized spacial score (nSPS) is 15.0. The molecule has 0 unspecified atom stereocenters. The summed E-state index contributed by atoms with van der Waals surface area (Å²) in [4.78, 5) is 102. The molecule has 13 N–H and O–H groups in total. The highest BCUT2D eigenvalue weighted by Gasteiger charge is 2.34. The molecule has 0 radical (unpaired) electrons. The van der Waals surface area contributed by atoms with E-state index >= 15 is 0 Å². The Hall–Kier alpha value is -16.9. The number of oxazole rings is 1. The molecule has 145 heavy (non-hydrogen) atoms. The lowest BCUT2D eigenvalue weighted by atomic mass is 9.91. The molecule has 1 saturated carbocycles. The molecule has 3 saturated heterocycles. The molecule has 40 heteroatoms. The maximum absolute atomic E-state index is 14.0. The van der Waals surface area contributed by atoms with Crippen molar-refractivity contribution in [2.75, 3.05) is 81.5 Å². The minimum Gasteiger partial charge on any atom is -0.424 e. The highest BCUT2D eigenvalue weighted by Crippen LogP contribution is 2.41. The zero-order valence-electron chi connectivity index (χ0n) is 81.8. The smallest absolute Gasteiger partial charge is 0.292 e. The van der Waals surface area contributed by atoms with Crippen molar-refractivity contribution in [1.82, 2.24) is 148 Å². The lowest BCUT2D eigenvalue weighted by Crippen LogP contribution is -2.41. The topological polar surface area (TPSA) is 514 Å². The Bertz CT molecular complexity index is 8770. The minimum atomic E-state index is 0.0511. The number of anilines is 5. The molecule has 0 spiro atoms. The van der Waals surface area contributed by atoms with E-state index in [0.717, 1.165) is 214 Å². The maximum Gasteiger partial charge on any atom is 0.292 e. The van der Waals surface area contributed by atoms with E-state index in [4.69, 9.17) is 53.5 Å². The van der Waals surface area contributed by atoms with Crippen LogP contribution in [0.1, 0.15) is 148 Å². The molecule has 3 aliphatic heterocycles. The van der Waals surface area contributed by atoms with Gasteiger partial charge in [0.2, 0.25) is 0 Å². The predicted molar refractivity (Wildman–Crippen MR) is 561 cm³/mol. The van der Waals surface area contributed by atoms with Crippen LogP contribution in [-0.4, -0.2) is 206 Å². The van der Waals surface area contributed by atoms with Crippen molar-refractivity contribution < 1.29 is 4.42 Å². The van der Waals surface area contributed by atoms with Crippen molar-refractivity contribution in [2.45, 2.75) is 163 Å². The van der Waals surface area contributed by atoms with E-state index < -0.39 is 0 Å². The van der Waals surface area contributed by atoms with Gasteiger partial charge in [-0.3, -0.25) is 34.5 Å². The van der Waals surface area contributed by atoms with Gasteiger partial charge in [-0.15, -0.1) is 0 Å². The number of nitrogens with zero attached hydrogens (tertiary/aromatic N) is 27. The van der Waals surface area contributed by atoms with Gasteiger partial charge in [0, 0.05) is 120 Å². The monoisotopic (exact) mass is 1940 g/mol. The summed E-state index contributed by atoms with van der Waals surface area (Å²) in [5.41, 5.74) is 48.2. The first-order valence-electron chi connectivity index (χ1n) is 49.2. The molecule has 21 aromatic rings. The number of nitrogen functional groups attached to an aromatic ring is 5. The first kappa shape index (κ1) is 93.1. The number of aromatic amines is 3. The Kier molecular flexibility index (Phi) is 24.7. The van der Waals surface area contributed by atoms with Crippen LogP contribution in [0.4, 0.5) is 29.3 Å². The molecule has 16 aromatic heterocycles. The summed E-state index contributed by atoms with van der Waals surface area (Å²) in [6, 6.07) is 39.2. The summed E-state index contributed by atoms with van der Waals surface area (Å²) >= 11 is 0. The van der Waals surface area contributed by atoms with Gasteiger partial charge in [-0.1, -0.05) is 79.7 Å². The quantitative estimate of drug-likeness (QED) is 0.0395. The second-order valence-electron chi connectivity index (χ2n) is 38.6. The number of benzene rings is 5. The van der Waals surface area contributed by atoms with E-state index in [1.807, 2.05) is 145 Å². The number of piperidine rings is 3. The van der Waals surface area contributed by atoms with Gasteiger partial charge in [0.25, 0.3) is 28.3 Å². The van der Waals surface area contributed by atoms with Crippen molar-refractivity contribution in [2.24, 2.45) is 0 Å². The standard InChI is InChI=1S/C27H31N9O.C27H24N8O2.C26H29N9O.C25H27N9O/c1-16(2)34-9-7-20(8-10-34)36-21(11-18-6-4-5-17(3)22(18)27(36)37)14-35-26-23(25(28)29-15-30-26)24(33-35)19-12-31-32-13-19;1-14-4-2-5-15-10-18(35(17-6-3-7-17)26(36)21(14)15)12-34-25-22(24(28)30-13-31-25)23(33-34)16-8-9-20-19(11-16)32-27(29)37-20;1-3-33-9-7-19(8-10-33)35-20(11-17-6-4-5-16(2)21(17)26(35)36)14-34-25-22(24(27)28-15-29-25)23(32-34)18-12-30-31-13-18;1-15-4-3-5-16-10-19(34(25(35)20(15)16)18-6-8-32(2)9-7-18)13-33-24-21(23(26)27-14-28-24)22(31-33)17-11-29-30-12-17/h4-6,11-13,15-16,20H,7-10,14H2,1-3H3,(H,31,32)(H2,28,29,30);2,4-5,8-11,13,17H,3,6-7,12H2,1H3,(H2,29,32)(H2,28,30,31);4-6,11-13,15,19H,3,7-10,14H2,1-2H3,(H,30,31)(H2,27,28,29);3-5,10-12,14,18H,6-9,13H2,1-2H3,(H,29,30)(H2,26,27,28). The van der Waals surface area contributed by atoms with Crippen LogP contribution in [0, 0.1) is 27.7 Å². The Morgan fingerprint density at radius 2 is 0.697 bits per heavy atom. The van der Waals surface area contributed by atoms with Gasteiger partial charge in [0.1, 0.15) is 76.9 Å². The SMILES string of the molecule is CCN1CCC(n2c(Cn3nc(-c4cn[nH]c4)c4c(N)ncnc43)cc3cccc(C)c3c2=O)CC1.Cc1cccc2cc(Cn3nc(-c4ccc5oc(N)nc5c4)c4c(N)ncnc43)n(C3CCC3)c(=O)c12.Cc1cccc2cc(Cn3nc(-c4cn[nH]c4)c4c(N)ncnc43)n(C3CCN(C(C)C)CC3)c(=O)c12.Cc1cccc2cc(Cn3nc(-c4cn[nH]c4)c4c(N)ncnc43)n(C3CCN(C)CC3)c(=O)c12. The van der Waals surface area contributed by atoms with Gasteiger partial charge in [-0.05, 0) is 212 Å². The van der Waals surface area contributed by atoms with Crippen molar-refractivity contribution >= 4 is 128 Å². The van der Waals surface area contributed by atoms with E-state index in [2.05, 4.69) is 142 Å². The predicted octanol–water partition coefficient (Wildman–Crippen LogP) is 13.6. The highest BCUT2D eigenvalue weighted by atomic mass is 16.4. The summed E-state index contributed by atoms with van der Waals surface area (Å²) < 4.78 is 20.7. The van der Waals surface area contributed by atoms with E-state index in [9.17, 15) is 19.2 Å². The number of likely N-dealkylation sites (tertiary alicyclic amines) is 3. The summed E-state index contributed by atoms with van der Waals surface area (Å²) in [5, 5.41) is 49.8. The lowest BCUT2D eigenvalue weighted by molar-refractivity contribution is 0.149. The minimum absolute atomic E-state index is 0.0511. The number of nitrogens with one attached hydrogen (secondary N) is 3. The molecule has 4 aliphatic rings. The Balaban J connectivity index is 0.000000110. The molecule has 40 nitrogen and oxygen atoms in total. The molecule has 19 heterocycles. The van der Waals surface area contributed by atoms with Crippen LogP contribution in [0.5, 0.6) is 0 Å². The highest BCUT2D eigenvalue weighted by molar-refractivity contribution is 6.02. The summed E-state index contributed by atoms with van der Waals surface area (Å²) in [5.74, 6) is 1.41.